The van der Waals surface area contributed by atoms with Crippen LogP contribution in [-0.2, 0) is 4.79 Å². The molecule has 1 aromatic rings. The molecule has 1 aromatic carbocycles. The highest BCUT2D eigenvalue weighted by Crippen LogP contribution is 2.05. The number of carbonyl (C=O) groups is 1. The Labute approximate surface area is 123 Å². The van der Waals surface area contributed by atoms with Crippen LogP contribution < -0.4 is 12.4 Å². The molecule has 0 unspecified atom stereocenters. The summed E-state index contributed by atoms with van der Waals surface area (Å²) in [5, 5.41) is 0. The van der Waals surface area contributed by atoms with Gasteiger partial charge in [-0.15, -0.1) is 0 Å². The zero-order valence-corrected chi connectivity index (χ0v) is 12.9. The van der Waals surface area contributed by atoms with E-state index in [9.17, 15) is 4.79 Å². The lowest BCUT2D eigenvalue weighted by atomic mass is 10.1. The first-order chi connectivity index (χ1) is 8.47. The summed E-state index contributed by atoms with van der Waals surface area (Å²) in [6.45, 7) is 1.12. The highest BCUT2D eigenvalue weighted by molar-refractivity contribution is 5.93. The molecular formula is C16H24ClNO. The van der Waals surface area contributed by atoms with E-state index >= 15 is 0 Å². The molecule has 0 atom stereocenters. The van der Waals surface area contributed by atoms with Crippen molar-refractivity contribution < 1.29 is 21.7 Å². The molecule has 2 nitrogen and oxygen atoms in total. The summed E-state index contributed by atoms with van der Waals surface area (Å²) in [7, 11) is 6.53. The minimum atomic E-state index is 0. The van der Waals surface area contributed by atoms with Crippen LogP contribution in [0.5, 0.6) is 0 Å². The van der Waals surface area contributed by atoms with Gasteiger partial charge in [-0.2, -0.15) is 0 Å². The van der Waals surface area contributed by atoms with Crippen LogP contribution in [0.1, 0.15) is 24.8 Å². The minimum Gasteiger partial charge on any atom is -1.00 e. The maximum Gasteiger partial charge on any atom is 0.155 e. The summed E-state index contributed by atoms with van der Waals surface area (Å²) in [6, 6.07) is 9.93. The van der Waals surface area contributed by atoms with Crippen LogP contribution in [0.3, 0.4) is 0 Å². The van der Waals surface area contributed by atoms with E-state index < -0.39 is 0 Å². The summed E-state index contributed by atoms with van der Waals surface area (Å²) in [5.74, 6) is 0.222. The molecule has 0 aliphatic rings. The Morgan fingerprint density at radius 1 is 1.11 bits per heavy atom. The first-order valence-electron chi connectivity index (χ1n) is 6.54. The smallest absolute Gasteiger partial charge is 0.155 e. The number of unbranched alkanes of at least 4 members (excludes halogenated alkanes) is 1. The minimum absolute atomic E-state index is 0. The third-order valence-corrected chi connectivity index (χ3v) is 2.76. The molecule has 0 spiro atoms. The van der Waals surface area contributed by atoms with Crippen LogP contribution in [0.15, 0.2) is 36.4 Å². The van der Waals surface area contributed by atoms with E-state index in [4.69, 9.17) is 0 Å². The van der Waals surface area contributed by atoms with Gasteiger partial charge >= 0.3 is 0 Å². The van der Waals surface area contributed by atoms with Gasteiger partial charge in [0.05, 0.1) is 27.7 Å². The Morgan fingerprint density at radius 3 is 2.32 bits per heavy atom. The molecule has 0 radical (unpaired) electrons. The van der Waals surface area contributed by atoms with Crippen LogP contribution in [0, 0.1) is 0 Å². The van der Waals surface area contributed by atoms with E-state index in [1.54, 1.807) is 6.08 Å². The van der Waals surface area contributed by atoms with E-state index in [1.807, 2.05) is 36.4 Å². The Balaban J connectivity index is 0.00000324. The largest absolute Gasteiger partial charge is 1.00 e. The molecule has 0 saturated heterocycles. The van der Waals surface area contributed by atoms with E-state index in [-0.39, 0.29) is 18.2 Å². The number of carbonyl (C=O) groups excluding carboxylic acids is 1. The number of hydrogen-bond acceptors (Lipinski definition) is 1. The number of quaternary nitrogens is 1. The van der Waals surface area contributed by atoms with Crippen molar-refractivity contribution in [3.8, 4) is 0 Å². The molecule has 0 aliphatic carbocycles. The van der Waals surface area contributed by atoms with E-state index in [0.717, 1.165) is 29.4 Å². The van der Waals surface area contributed by atoms with Crippen LogP contribution in [0.2, 0.25) is 0 Å². The van der Waals surface area contributed by atoms with Gasteiger partial charge in [0.2, 0.25) is 0 Å². The molecule has 0 aromatic heterocycles. The number of nitrogens with zero attached hydrogens (tertiary/aromatic N) is 1. The first-order valence-corrected chi connectivity index (χ1v) is 6.54. The van der Waals surface area contributed by atoms with Crippen molar-refractivity contribution in [1.82, 2.24) is 0 Å². The lowest BCUT2D eigenvalue weighted by Gasteiger charge is -2.23. The van der Waals surface area contributed by atoms with Crippen LogP contribution >= 0.6 is 0 Å². The molecule has 0 heterocycles. The predicted octanol–water partition coefficient (Wildman–Crippen LogP) is 0.149. The van der Waals surface area contributed by atoms with Gasteiger partial charge in [0, 0.05) is 6.42 Å². The number of hydrogen-bond donors (Lipinski definition) is 0. The van der Waals surface area contributed by atoms with Crippen molar-refractivity contribution in [1.29, 1.82) is 0 Å². The Hall–Kier alpha value is -1.12. The van der Waals surface area contributed by atoms with Crippen LogP contribution in [0.25, 0.3) is 6.08 Å². The molecule has 106 valence electrons. The van der Waals surface area contributed by atoms with Gasteiger partial charge in [0.1, 0.15) is 0 Å². The van der Waals surface area contributed by atoms with Gasteiger partial charge in [0.15, 0.2) is 5.78 Å². The normalized spacial score (nSPS) is 11.3. The first kappa shape index (κ1) is 17.9. The van der Waals surface area contributed by atoms with Gasteiger partial charge < -0.3 is 16.9 Å². The monoisotopic (exact) mass is 281 g/mol. The van der Waals surface area contributed by atoms with Gasteiger partial charge in [0.25, 0.3) is 0 Å². The van der Waals surface area contributed by atoms with E-state index in [1.165, 1.54) is 0 Å². The molecule has 0 bridgehead atoms. The second kappa shape index (κ2) is 8.89. The maximum absolute atomic E-state index is 11.6. The highest BCUT2D eigenvalue weighted by atomic mass is 35.5. The number of rotatable bonds is 7. The summed E-state index contributed by atoms with van der Waals surface area (Å²) in [6.07, 6.45) is 6.33. The molecule has 0 amide bonds. The third kappa shape index (κ3) is 9.46. The SMILES string of the molecule is C[N+](C)(C)CCCCC(=O)/C=C/c1ccccc1.[Cl-]. The average Bonchev–Trinajstić information content (AvgIpc) is 2.32. The maximum atomic E-state index is 11.6. The van der Waals surface area contributed by atoms with Crippen molar-refractivity contribution in [2.75, 3.05) is 27.7 Å². The van der Waals surface area contributed by atoms with Gasteiger partial charge in [-0.05, 0) is 24.5 Å². The molecular weight excluding hydrogens is 258 g/mol. The Bertz CT molecular complexity index is 393. The summed E-state index contributed by atoms with van der Waals surface area (Å²) in [5.41, 5.74) is 1.08. The standard InChI is InChI=1S/C16H24NO.ClH/c1-17(2,3)14-8-7-11-16(18)13-12-15-9-5-4-6-10-15;/h4-6,9-10,12-13H,7-8,11,14H2,1-3H3;1H/q+1;/p-1/b13-12+;. The van der Waals surface area contributed by atoms with Gasteiger partial charge in [-0.25, -0.2) is 0 Å². The average molecular weight is 282 g/mol. The fourth-order valence-corrected chi connectivity index (χ4v) is 1.72. The van der Waals surface area contributed by atoms with Crippen molar-refractivity contribution in [2.45, 2.75) is 19.3 Å². The van der Waals surface area contributed by atoms with Gasteiger partial charge in [-0.1, -0.05) is 36.4 Å². The fourth-order valence-electron chi connectivity index (χ4n) is 1.72. The second-order valence-corrected chi connectivity index (χ2v) is 5.68. The van der Waals surface area contributed by atoms with E-state index in [0.29, 0.717) is 6.42 Å². The summed E-state index contributed by atoms with van der Waals surface area (Å²) < 4.78 is 0.966. The highest BCUT2D eigenvalue weighted by Gasteiger charge is 2.06. The predicted molar refractivity (Wildman–Crippen MR) is 77.2 cm³/mol. The van der Waals surface area contributed by atoms with Crippen molar-refractivity contribution in [3.05, 3.63) is 42.0 Å². The lowest BCUT2D eigenvalue weighted by Crippen LogP contribution is -3.00. The summed E-state index contributed by atoms with van der Waals surface area (Å²) in [4.78, 5) is 11.6. The van der Waals surface area contributed by atoms with Crippen molar-refractivity contribution >= 4 is 11.9 Å². The Morgan fingerprint density at radius 2 is 1.74 bits per heavy atom. The zero-order valence-electron chi connectivity index (χ0n) is 12.1. The van der Waals surface area contributed by atoms with Crippen molar-refractivity contribution in [3.63, 3.8) is 0 Å². The molecule has 1 rings (SSSR count). The number of benzene rings is 1. The molecule has 0 aliphatic heterocycles. The van der Waals surface area contributed by atoms with Crippen LogP contribution in [-0.4, -0.2) is 38.0 Å². The lowest BCUT2D eigenvalue weighted by molar-refractivity contribution is -0.870. The number of halogens is 1. The van der Waals surface area contributed by atoms with Crippen LogP contribution in [0.4, 0.5) is 0 Å². The van der Waals surface area contributed by atoms with Crippen molar-refractivity contribution in [2.24, 2.45) is 0 Å². The molecule has 0 fully saturated rings. The van der Waals surface area contributed by atoms with Gasteiger partial charge in [-0.3, -0.25) is 4.79 Å². The quantitative estimate of drug-likeness (QED) is 0.395. The number of allylic oxidation sites excluding steroid dienone is 1. The molecule has 19 heavy (non-hydrogen) atoms. The number of ketones is 1. The zero-order chi connectivity index (χ0) is 13.4. The molecule has 0 saturated carbocycles. The molecule has 3 heteroatoms. The third-order valence-electron chi connectivity index (χ3n) is 2.76. The topological polar surface area (TPSA) is 17.1 Å². The second-order valence-electron chi connectivity index (χ2n) is 5.68. The fraction of sp³-hybridized carbons (Fsp3) is 0.438. The Kier molecular flexibility index (Phi) is 8.37. The summed E-state index contributed by atoms with van der Waals surface area (Å²) >= 11 is 0. The molecule has 0 N–H and O–H groups in total. The van der Waals surface area contributed by atoms with E-state index in [2.05, 4.69) is 21.1 Å².